The van der Waals surface area contributed by atoms with Crippen molar-refractivity contribution in [3.05, 3.63) is 24.0 Å². The Morgan fingerprint density at radius 2 is 2.46 bits per heavy atom. The van der Waals surface area contributed by atoms with Crippen molar-refractivity contribution in [2.24, 2.45) is 7.05 Å². The zero-order valence-corrected chi connectivity index (χ0v) is 8.16. The second-order valence-electron chi connectivity index (χ2n) is 3.62. The zero-order valence-electron chi connectivity index (χ0n) is 8.16. The van der Waals surface area contributed by atoms with Gasteiger partial charge in [-0.2, -0.15) is 0 Å². The third-order valence-corrected chi connectivity index (χ3v) is 2.53. The lowest BCUT2D eigenvalue weighted by atomic mass is 10.0. The van der Waals surface area contributed by atoms with Crippen LogP contribution in [0, 0.1) is 0 Å². The van der Waals surface area contributed by atoms with E-state index in [1.54, 1.807) is 0 Å². The predicted molar refractivity (Wildman–Crippen MR) is 51.6 cm³/mol. The molecule has 1 aliphatic heterocycles. The molecule has 0 aliphatic carbocycles. The summed E-state index contributed by atoms with van der Waals surface area (Å²) >= 11 is 0. The highest BCUT2D eigenvalue weighted by molar-refractivity contribution is 5.17. The molecule has 1 aromatic heterocycles. The molecule has 1 N–H and O–H groups in total. The molecule has 2 heterocycles. The first-order valence-corrected chi connectivity index (χ1v) is 4.74. The Bertz CT molecular complexity index is 282. The van der Waals surface area contributed by atoms with E-state index in [0.717, 1.165) is 13.2 Å². The number of hydrogen-bond donors (Lipinski definition) is 1. The summed E-state index contributed by atoms with van der Waals surface area (Å²) in [7, 11) is 2.04. The van der Waals surface area contributed by atoms with Crippen molar-refractivity contribution in [2.75, 3.05) is 13.2 Å². The summed E-state index contributed by atoms with van der Waals surface area (Å²) in [5.41, 5.74) is 1.31. The first kappa shape index (κ1) is 8.78. The molecule has 1 saturated heterocycles. The third-order valence-electron chi connectivity index (χ3n) is 2.53. The average molecular weight is 180 g/mol. The summed E-state index contributed by atoms with van der Waals surface area (Å²) in [5.74, 6) is 0. The highest BCUT2D eigenvalue weighted by atomic mass is 16.5. The summed E-state index contributed by atoms with van der Waals surface area (Å²) in [5, 5.41) is 3.46. The minimum absolute atomic E-state index is 0.274. The van der Waals surface area contributed by atoms with Gasteiger partial charge in [0, 0.05) is 26.0 Å². The van der Waals surface area contributed by atoms with Gasteiger partial charge in [-0.3, -0.25) is 0 Å². The van der Waals surface area contributed by atoms with Crippen LogP contribution in [0.25, 0.3) is 0 Å². The Morgan fingerprint density at radius 3 is 3.08 bits per heavy atom. The lowest BCUT2D eigenvalue weighted by molar-refractivity contribution is 0.00757. The summed E-state index contributed by atoms with van der Waals surface area (Å²) in [6.07, 6.45) is 4.48. The minimum atomic E-state index is 0.274. The predicted octanol–water partition coefficient (Wildman–Crippen LogP) is 1.07. The molecule has 2 rings (SSSR count). The Kier molecular flexibility index (Phi) is 2.38. The lowest BCUT2D eigenvalue weighted by Gasteiger charge is -2.29. The Labute approximate surface area is 78.7 Å². The van der Waals surface area contributed by atoms with Crippen LogP contribution < -0.4 is 5.32 Å². The van der Waals surface area contributed by atoms with E-state index < -0.39 is 0 Å². The van der Waals surface area contributed by atoms with E-state index >= 15 is 0 Å². The molecule has 3 nitrogen and oxygen atoms in total. The standard InChI is InChI=1S/C10H16N2O/c1-8-10(11-4-6-13-8)9-3-5-12(2)7-9/h3,5,7-8,10-11H,4,6H2,1-2H3. The molecule has 2 unspecified atom stereocenters. The maximum Gasteiger partial charge on any atom is 0.0742 e. The van der Waals surface area contributed by atoms with Crippen LogP contribution in [0.4, 0.5) is 0 Å². The normalized spacial score (nSPS) is 29.1. The van der Waals surface area contributed by atoms with Gasteiger partial charge in [-0.25, -0.2) is 0 Å². The molecular weight excluding hydrogens is 164 g/mol. The van der Waals surface area contributed by atoms with Crippen molar-refractivity contribution >= 4 is 0 Å². The number of nitrogens with zero attached hydrogens (tertiary/aromatic N) is 1. The molecule has 0 radical (unpaired) electrons. The van der Waals surface area contributed by atoms with E-state index in [4.69, 9.17) is 4.74 Å². The van der Waals surface area contributed by atoms with Crippen molar-refractivity contribution < 1.29 is 4.74 Å². The molecule has 0 amide bonds. The average Bonchev–Trinajstić information content (AvgIpc) is 2.53. The quantitative estimate of drug-likeness (QED) is 0.699. The monoisotopic (exact) mass is 180 g/mol. The van der Waals surface area contributed by atoms with E-state index in [9.17, 15) is 0 Å². The Morgan fingerprint density at radius 1 is 1.62 bits per heavy atom. The Hall–Kier alpha value is -0.800. The SMILES string of the molecule is CC1OCCNC1c1ccn(C)c1. The third kappa shape index (κ3) is 1.76. The molecule has 0 saturated carbocycles. The van der Waals surface area contributed by atoms with E-state index in [1.165, 1.54) is 5.56 Å². The van der Waals surface area contributed by atoms with Gasteiger partial charge < -0.3 is 14.6 Å². The summed E-state index contributed by atoms with van der Waals surface area (Å²) in [6.45, 7) is 3.89. The molecule has 3 heteroatoms. The molecule has 13 heavy (non-hydrogen) atoms. The lowest BCUT2D eigenvalue weighted by Crippen LogP contribution is -2.40. The first-order valence-electron chi connectivity index (χ1n) is 4.74. The van der Waals surface area contributed by atoms with E-state index in [2.05, 4.69) is 35.3 Å². The number of morpholine rings is 1. The fraction of sp³-hybridized carbons (Fsp3) is 0.600. The summed E-state index contributed by atoms with van der Waals surface area (Å²) in [6, 6.07) is 2.50. The second kappa shape index (κ2) is 3.52. The second-order valence-corrected chi connectivity index (χ2v) is 3.62. The minimum Gasteiger partial charge on any atom is -0.375 e. The molecule has 0 spiro atoms. The number of rotatable bonds is 1. The van der Waals surface area contributed by atoms with Crippen LogP contribution in [0.3, 0.4) is 0 Å². The number of ether oxygens (including phenoxy) is 1. The number of hydrogen-bond acceptors (Lipinski definition) is 2. The number of aromatic nitrogens is 1. The van der Waals surface area contributed by atoms with Gasteiger partial charge in [0.15, 0.2) is 0 Å². The van der Waals surface area contributed by atoms with Crippen molar-refractivity contribution in [2.45, 2.75) is 19.1 Å². The van der Waals surface area contributed by atoms with Crippen LogP contribution in [-0.2, 0) is 11.8 Å². The van der Waals surface area contributed by atoms with Crippen LogP contribution in [-0.4, -0.2) is 23.8 Å². The molecule has 0 bridgehead atoms. The fourth-order valence-electron chi connectivity index (χ4n) is 1.82. The van der Waals surface area contributed by atoms with Gasteiger partial charge in [-0.05, 0) is 18.6 Å². The topological polar surface area (TPSA) is 26.2 Å². The van der Waals surface area contributed by atoms with Gasteiger partial charge in [0.25, 0.3) is 0 Å². The molecule has 72 valence electrons. The molecule has 1 aliphatic rings. The fourth-order valence-corrected chi connectivity index (χ4v) is 1.82. The van der Waals surface area contributed by atoms with E-state index in [1.807, 2.05) is 7.05 Å². The number of nitrogens with one attached hydrogen (secondary N) is 1. The van der Waals surface area contributed by atoms with Gasteiger partial charge in [0.2, 0.25) is 0 Å². The van der Waals surface area contributed by atoms with Crippen molar-refractivity contribution in [3.8, 4) is 0 Å². The molecule has 2 atom stereocenters. The van der Waals surface area contributed by atoms with Crippen LogP contribution in [0.2, 0.25) is 0 Å². The summed E-state index contributed by atoms with van der Waals surface area (Å²) < 4.78 is 7.65. The maximum absolute atomic E-state index is 5.58. The largest absolute Gasteiger partial charge is 0.375 e. The van der Waals surface area contributed by atoms with Gasteiger partial charge in [-0.15, -0.1) is 0 Å². The zero-order chi connectivity index (χ0) is 9.26. The van der Waals surface area contributed by atoms with Gasteiger partial charge >= 0.3 is 0 Å². The van der Waals surface area contributed by atoms with E-state index in [-0.39, 0.29) is 6.10 Å². The van der Waals surface area contributed by atoms with Crippen LogP contribution >= 0.6 is 0 Å². The molecule has 1 aromatic rings. The van der Waals surface area contributed by atoms with Gasteiger partial charge in [-0.1, -0.05) is 0 Å². The molecule has 0 aromatic carbocycles. The van der Waals surface area contributed by atoms with Crippen molar-refractivity contribution in [1.29, 1.82) is 0 Å². The van der Waals surface area contributed by atoms with E-state index in [0.29, 0.717) is 6.04 Å². The van der Waals surface area contributed by atoms with Gasteiger partial charge in [0.1, 0.15) is 0 Å². The highest BCUT2D eigenvalue weighted by Crippen LogP contribution is 2.21. The molecule has 1 fully saturated rings. The number of aryl methyl sites for hydroxylation is 1. The van der Waals surface area contributed by atoms with Crippen LogP contribution in [0.15, 0.2) is 18.5 Å². The highest BCUT2D eigenvalue weighted by Gasteiger charge is 2.23. The van der Waals surface area contributed by atoms with Crippen molar-refractivity contribution in [1.82, 2.24) is 9.88 Å². The van der Waals surface area contributed by atoms with Crippen LogP contribution in [0.5, 0.6) is 0 Å². The molecular formula is C10H16N2O. The van der Waals surface area contributed by atoms with Crippen molar-refractivity contribution in [3.63, 3.8) is 0 Å². The smallest absolute Gasteiger partial charge is 0.0742 e. The van der Waals surface area contributed by atoms with Crippen LogP contribution in [0.1, 0.15) is 18.5 Å². The summed E-state index contributed by atoms with van der Waals surface area (Å²) in [4.78, 5) is 0. The Balaban J connectivity index is 2.14. The maximum atomic E-state index is 5.58. The van der Waals surface area contributed by atoms with Gasteiger partial charge in [0.05, 0.1) is 18.8 Å². The first-order chi connectivity index (χ1) is 6.27.